The summed E-state index contributed by atoms with van der Waals surface area (Å²) in [7, 11) is 0. The van der Waals surface area contributed by atoms with Gasteiger partial charge in [0.1, 0.15) is 4.99 Å². The van der Waals surface area contributed by atoms with Gasteiger partial charge in [-0.15, -0.1) is 11.3 Å². The average Bonchev–Trinajstić information content (AvgIpc) is 2.82. The van der Waals surface area contributed by atoms with E-state index in [0.717, 1.165) is 29.9 Å². The lowest BCUT2D eigenvalue weighted by molar-refractivity contribution is 0.976. The number of rotatable bonds is 5. The predicted molar refractivity (Wildman–Crippen MR) is 81.4 cm³/mol. The fraction of sp³-hybridized carbons (Fsp3) is 0.231. The molecule has 0 spiro atoms. The molecule has 3 N–H and O–H groups in total. The minimum absolute atomic E-state index is 0.422. The molecule has 2 aromatic rings. The van der Waals surface area contributed by atoms with Gasteiger partial charge in [0.2, 0.25) is 0 Å². The predicted octanol–water partition coefficient (Wildman–Crippen LogP) is 2.74. The van der Waals surface area contributed by atoms with Crippen molar-refractivity contribution in [2.24, 2.45) is 5.73 Å². The molecule has 0 fully saturated rings. The second kappa shape index (κ2) is 5.93. The number of aryl methyl sites for hydroxylation is 1. The summed E-state index contributed by atoms with van der Waals surface area (Å²) in [5, 5.41) is 5.43. The Labute approximate surface area is 116 Å². The summed E-state index contributed by atoms with van der Waals surface area (Å²) in [5.74, 6) is 0. The molecule has 0 unspecified atom stereocenters. The largest absolute Gasteiger partial charge is 0.389 e. The van der Waals surface area contributed by atoms with Crippen LogP contribution in [0.25, 0.3) is 0 Å². The van der Waals surface area contributed by atoms with Crippen molar-refractivity contribution in [1.29, 1.82) is 0 Å². The number of nitrogens with one attached hydrogen (secondary N) is 1. The van der Waals surface area contributed by atoms with Crippen molar-refractivity contribution in [3.63, 3.8) is 0 Å². The SMILES string of the molecule is Cc1ccc(C(N)=S)c(NCCc2cscn2)c1. The van der Waals surface area contributed by atoms with E-state index in [0.29, 0.717) is 4.99 Å². The van der Waals surface area contributed by atoms with Crippen LogP contribution in [0.5, 0.6) is 0 Å². The van der Waals surface area contributed by atoms with Gasteiger partial charge in [0.05, 0.1) is 11.2 Å². The first-order valence-electron chi connectivity index (χ1n) is 5.68. The number of anilines is 1. The summed E-state index contributed by atoms with van der Waals surface area (Å²) in [5.41, 5.74) is 11.8. The third-order valence-corrected chi connectivity index (χ3v) is 3.48. The van der Waals surface area contributed by atoms with Crippen molar-refractivity contribution in [3.05, 3.63) is 45.9 Å². The van der Waals surface area contributed by atoms with E-state index in [2.05, 4.69) is 28.7 Å². The molecule has 0 aliphatic rings. The Hall–Kier alpha value is -1.46. The van der Waals surface area contributed by atoms with Gasteiger partial charge in [-0.05, 0) is 24.6 Å². The summed E-state index contributed by atoms with van der Waals surface area (Å²) in [6, 6.07) is 6.04. The molecule has 0 aliphatic heterocycles. The monoisotopic (exact) mass is 277 g/mol. The van der Waals surface area contributed by atoms with Gasteiger partial charge >= 0.3 is 0 Å². The van der Waals surface area contributed by atoms with Crippen molar-refractivity contribution in [3.8, 4) is 0 Å². The Morgan fingerprint density at radius 3 is 3.00 bits per heavy atom. The maximum absolute atomic E-state index is 5.71. The van der Waals surface area contributed by atoms with Gasteiger partial charge in [-0.1, -0.05) is 18.3 Å². The molecule has 0 saturated carbocycles. The summed E-state index contributed by atoms with van der Waals surface area (Å²) in [6.07, 6.45) is 0.897. The summed E-state index contributed by atoms with van der Waals surface area (Å²) >= 11 is 6.67. The topological polar surface area (TPSA) is 50.9 Å². The molecule has 0 atom stereocenters. The van der Waals surface area contributed by atoms with Crippen molar-refractivity contribution in [2.75, 3.05) is 11.9 Å². The molecule has 94 valence electrons. The van der Waals surface area contributed by atoms with E-state index in [1.54, 1.807) is 11.3 Å². The van der Waals surface area contributed by atoms with E-state index in [4.69, 9.17) is 18.0 Å². The molecule has 1 aromatic heterocycles. The molecule has 0 bridgehead atoms. The minimum atomic E-state index is 0.422. The highest BCUT2D eigenvalue weighted by molar-refractivity contribution is 7.80. The van der Waals surface area contributed by atoms with Crippen LogP contribution in [0, 0.1) is 6.92 Å². The molecule has 3 nitrogen and oxygen atoms in total. The quantitative estimate of drug-likeness (QED) is 0.825. The molecule has 5 heteroatoms. The number of benzene rings is 1. The number of nitrogens with zero attached hydrogens (tertiary/aromatic N) is 1. The summed E-state index contributed by atoms with van der Waals surface area (Å²) in [6.45, 7) is 2.87. The number of hydrogen-bond acceptors (Lipinski definition) is 4. The van der Waals surface area contributed by atoms with Crippen LogP contribution in [0.15, 0.2) is 29.1 Å². The fourth-order valence-electron chi connectivity index (χ4n) is 1.71. The molecule has 0 amide bonds. The van der Waals surface area contributed by atoms with E-state index in [1.807, 2.05) is 17.6 Å². The Bertz CT molecular complexity index is 535. The van der Waals surface area contributed by atoms with Crippen LogP contribution >= 0.6 is 23.6 Å². The maximum Gasteiger partial charge on any atom is 0.106 e. The van der Waals surface area contributed by atoms with E-state index in [-0.39, 0.29) is 0 Å². The van der Waals surface area contributed by atoms with Crippen molar-refractivity contribution >= 4 is 34.2 Å². The Morgan fingerprint density at radius 2 is 2.33 bits per heavy atom. The molecule has 0 saturated heterocycles. The van der Waals surface area contributed by atoms with E-state index in [9.17, 15) is 0 Å². The van der Waals surface area contributed by atoms with Gasteiger partial charge in [0, 0.05) is 29.6 Å². The van der Waals surface area contributed by atoms with Gasteiger partial charge in [-0.3, -0.25) is 0 Å². The first-order valence-corrected chi connectivity index (χ1v) is 7.03. The first-order chi connectivity index (χ1) is 8.66. The Kier molecular flexibility index (Phi) is 4.28. The van der Waals surface area contributed by atoms with Gasteiger partial charge < -0.3 is 11.1 Å². The van der Waals surface area contributed by atoms with Crippen molar-refractivity contribution in [2.45, 2.75) is 13.3 Å². The minimum Gasteiger partial charge on any atom is -0.389 e. The number of thiazole rings is 1. The number of aromatic nitrogens is 1. The highest BCUT2D eigenvalue weighted by Gasteiger charge is 2.05. The Morgan fingerprint density at radius 1 is 1.50 bits per heavy atom. The smallest absolute Gasteiger partial charge is 0.106 e. The number of nitrogens with two attached hydrogens (primary N) is 1. The van der Waals surface area contributed by atoms with Crippen LogP contribution < -0.4 is 11.1 Å². The van der Waals surface area contributed by atoms with Crippen LogP contribution in [0.4, 0.5) is 5.69 Å². The molecule has 2 rings (SSSR count). The second-order valence-electron chi connectivity index (χ2n) is 4.07. The van der Waals surface area contributed by atoms with E-state index >= 15 is 0 Å². The number of thiocarbonyl (C=S) groups is 1. The molecular formula is C13H15N3S2. The molecule has 1 aromatic carbocycles. The molecule has 1 heterocycles. The molecule has 18 heavy (non-hydrogen) atoms. The highest BCUT2D eigenvalue weighted by atomic mass is 32.1. The van der Waals surface area contributed by atoms with E-state index < -0.39 is 0 Å². The third kappa shape index (κ3) is 3.27. The first kappa shape index (κ1) is 13.0. The zero-order chi connectivity index (χ0) is 13.0. The average molecular weight is 277 g/mol. The molecule has 0 radical (unpaired) electrons. The van der Waals surface area contributed by atoms with Crippen LogP contribution in [0.3, 0.4) is 0 Å². The Balaban J connectivity index is 2.03. The zero-order valence-electron chi connectivity index (χ0n) is 10.1. The second-order valence-corrected chi connectivity index (χ2v) is 5.23. The van der Waals surface area contributed by atoms with Crippen LogP contribution in [0.2, 0.25) is 0 Å². The zero-order valence-corrected chi connectivity index (χ0v) is 11.8. The highest BCUT2D eigenvalue weighted by Crippen LogP contribution is 2.17. The van der Waals surface area contributed by atoms with Gasteiger partial charge in [0.15, 0.2) is 0 Å². The normalized spacial score (nSPS) is 10.3. The summed E-state index contributed by atoms with van der Waals surface area (Å²) < 4.78 is 0. The number of hydrogen-bond donors (Lipinski definition) is 2. The van der Waals surface area contributed by atoms with Crippen molar-refractivity contribution < 1.29 is 0 Å². The van der Waals surface area contributed by atoms with Gasteiger partial charge in [-0.2, -0.15) is 0 Å². The standard InChI is InChI=1S/C13H15N3S2/c1-9-2-3-11(13(14)17)12(6-9)15-5-4-10-7-18-8-16-10/h2-3,6-8,15H,4-5H2,1H3,(H2,14,17). The van der Waals surface area contributed by atoms with Crippen molar-refractivity contribution in [1.82, 2.24) is 4.98 Å². The summed E-state index contributed by atoms with van der Waals surface area (Å²) in [4.78, 5) is 4.67. The molecular weight excluding hydrogens is 262 g/mol. The van der Waals surface area contributed by atoms with Crippen LogP contribution in [-0.2, 0) is 6.42 Å². The maximum atomic E-state index is 5.71. The molecule has 0 aliphatic carbocycles. The van der Waals surface area contributed by atoms with Gasteiger partial charge in [-0.25, -0.2) is 4.98 Å². The lowest BCUT2D eigenvalue weighted by atomic mass is 10.1. The van der Waals surface area contributed by atoms with Crippen LogP contribution in [-0.4, -0.2) is 16.5 Å². The van der Waals surface area contributed by atoms with Gasteiger partial charge in [0.25, 0.3) is 0 Å². The lowest BCUT2D eigenvalue weighted by Gasteiger charge is -2.11. The van der Waals surface area contributed by atoms with E-state index in [1.165, 1.54) is 5.56 Å². The fourth-order valence-corrected chi connectivity index (χ4v) is 2.48. The van der Waals surface area contributed by atoms with Crippen LogP contribution in [0.1, 0.15) is 16.8 Å². The third-order valence-electron chi connectivity index (χ3n) is 2.62. The lowest BCUT2D eigenvalue weighted by Crippen LogP contribution is -2.14.